The third-order valence-corrected chi connectivity index (χ3v) is 6.26. The second-order valence-electron chi connectivity index (χ2n) is 8.55. The van der Waals surface area contributed by atoms with Gasteiger partial charge in [0, 0.05) is 18.0 Å². The van der Waals surface area contributed by atoms with Crippen molar-refractivity contribution in [2.45, 2.75) is 12.3 Å². The van der Waals surface area contributed by atoms with Crippen molar-refractivity contribution in [3.63, 3.8) is 0 Å². The van der Waals surface area contributed by atoms with Gasteiger partial charge in [0.05, 0.1) is 11.1 Å². The lowest BCUT2D eigenvalue weighted by Gasteiger charge is -2.27. The molecule has 1 aliphatic carbocycles. The zero-order valence-electron chi connectivity index (χ0n) is 19.6. The molecular weight excluding hydrogens is 450 g/mol. The maximum absolute atomic E-state index is 13.1. The molecular formula is C31H25NO4. The first-order chi connectivity index (χ1) is 17.6. The van der Waals surface area contributed by atoms with E-state index in [1.54, 1.807) is 54.6 Å². The minimum Gasteiger partial charge on any atom is -0.419 e. The van der Waals surface area contributed by atoms with Crippen LogP contribution in [0.1, 0.15) is 43.3 Å². The number of fused-ring (bicyclic) bond motifs is 1. The number of esters is 2. The lowest BCUT2D eigenvalue weighted by Crippen LogP contribution is -2.19. The standard InChI is InChI=1S/C31H25NO4/c32-20-25-18-24(21-10-4-1-5-11-21)19-27-26(25)16-17-28(35-30(33)22-12-6-2-7-13-22)29(27)36-31(34)23-14-8-3-9-15-23/h1-18,24H,19-20,32H2. The number of hydrogen-bond donors (Lipinski definition) is 1. The summed E-state index contributed by atoms with van der Waals surface area (Å²) in [7, 11) is 0. The molecule has 4 aromatic carbocycles. The predicted octanol–water partition coefficient (Wildman–Crippen LogP) is 5.81. The summed E-state index contributed by atoms with van der Waals surface area (Å²) in [5.74, 6) is -0.590. The Morgan fingerprint density at radius 2 is 1.28 bits per heavy atom. The zero-order valence-corrected chi connectivity index (χ0v) is 19.6. The monoisotopic (exact) mass is 475 g/mol. The summed E-state index contributed by atoms with van der Waals surface area (Å²) in [6.07, 6.45) is 2.73. The van der Waals surface area contributed by atoms with Gasteiger partial charge in [-0.3, -0.25) is 0 Å². The Morgan fingerprint density at radius 1 is 0.722 bits per heavy atom. The van der Waals surface area contributed by atoms with E-state index in [1.807, 2.05) is 36.4 Å². The van der Waals surface area contributed by atoms with E-state index in [9.17, 15) is 9.59 Å². The summed E-state index contributed by atoms with van der Waals surface area (Å²) in [4.78, 5) is 26.0. The number of benzene rings is 4. The quantitative estimate of drug-likeness (QED) is 0.281. The molecule has 2 N–H and O–H groups in total. The molecule has 5 nitrogen and oxygen atoms in total. The molecule has 4 aromatic rings. The first-order valence-electron chi connectivity index (χ1n) is 11.8. The van der Waals surface area contributed by atoms with Gasteiger partial charge in [-0.15, -0.1) is 0 Å². The number of ether oxygens (including phenoxy) is 2. The minimum atomic E-state index is -0.530. The average molecular weight is 476 g/mol. The molecule has 0 heterocycles. The second-order valence-corrected chi connectivity index (χ2v) is 8.55. The highest BCUT2D eigenvalue weighted by atomic mass is 16.6. The Morgan fingerprint density at radius 3 is 1.86 bits per heavy atom. The number of carbonyl (C=O) groups excluding carboxylic acids is 2. The van der Waals surface area contributed by atoms with Crippen LogP contribution in [0.5, 0.6) is 11.5 Å². The summed E-state index contributed by atoms with van der Waals surface area (Å²) < 4.78 is 11.7. The van der Waals surface area contributed by atoms with Gasteiger partial charge in [-0.25, -0.2) is 9.59 Å². The fourth-order valence-electron chi connectivity index (χ4n) is 4.46. The van der Waals surface area contributed by atoms with Crippen LogP contribution in [0.2, 0.25) is 0 Å². The molecule has 178 valence electrons. The van der Waals surface area contributed by atoms with Crippen LogP contribution < -0.4 is 15.2 Å². The average Bonchev–Trinajstić information content (AvgIpc) is 2.95. The van der Waals surface area contributed by atoms with Crippen LogP contribution >= 0.6 is 0 Å². The van der Waals surface area contributed by atoms with Crippen LogP contribution in [0.25, 0.3) is 5.57 Å². The van der Waals surface area contributed by atoms with Crippen molar-refractivity contribution < 1.29 is 19.1 Å². The highest BCUT2D eigenvalue weighted by Crippen LogP contribution is 2.43. The van der Waals surface area contributed by atoms with Gasteiger partial charge in [0.15, 0.2) is 11.5 Å². The third-order valence-electron chi connectivity index (χ3n) is 6.26. The number of rotatable bonds is 6. The van der Waals surface area contributed by atoms with Gasteiger partial charge in [0.1, 0.15) is 0 Å². The van der Waals surface area contributed by atoms with E-state index in [2.05, 4.69) is 18.2 Å². The Bertz CT molecular complexity index is 1410. The molecule has 1 atom stereocenters. The smallest absolute Gasteiger partial charge is 0.343 e. The van der Waals surface area contributed by atoms with Gasteiger partial charge in [-0.2, -0.15) is 0 Å². The Balaban J connectivity index is 1.59. The summed E-state index contributed by atoms with van der Waals surface area (Å²) in [5, 5.41) is 0. The number of hydrogen-bond acceptors (Lipinski definition) is 5. The van der Waals surface area contributed by atoms with Gasteiger partial charge in [-0.1, -0.05) is 78.9 Å². The van der Waals surface area contributed by atoms with Crippen LogP contribution in [0, 0.1) is 0 Å². The molecule has 0 fully saturated rings. The van der Waals surface area contributed by atoms with E-state index >= 15 is 0 Å². The Labute approximate surface area is 209 Å². The lowest BCUT2D eigenvalue weighted by atomic mass is 9.80. The zero-order chi connectivity index (χ0) is 24.9. The van der Waals surface area contributed by atoms with Crippen molar-refractivity contribution in [1.29, 1.82) is 0 Å². The van der Waals surface area contributed by atoms with E-state index in [0.717, 1.165) is 22.3 Å². The Kier molecular flexibility index (Phi) is 6.74. The van der Waals surface area contributed by atoms with E-state index in [-0.39, 0.29) is 17.4 Å². The van der Waals surface area contributed by atoms with Crippen LogP contribution in [0.4, 0.5) is 0 Å². The van der Waals surface area contributed by atoms with Crippen LogP contribution in [0.3, 0.4) is 0 Å². The van der Waals surface area contributed by atoms with Gasteiger partial charge < -0.3 is 15.2 Å². The third kappa shape index (κ3) is 4.83. The van der Waals surface area contributed by atoms with Crippen LogP contribution in [0.15, 0.2) is 109 Å². The fraction of sp³-hybridized carbons (Fsp3) is 0.0968. The van der Waals surface area contributed by atoms with E-state index in [4.69, 9.17) is 15.2 Å². The van der Waals surface area contributed by atoms with Crippen molar-refractivity contribution in [3.8, 4) is 11.5 Å². The number of carbonyl (C=O) groups is 2. The minimum absolute atomic E-state index is 0.0338. The highest BCUT2D eigenvalue weighted by molar-refractivity contribution is 5.94. The molecule has 0 aromatic heterocycles. The molecule has 0 aliphatic heterocycles. The summed E-state index contributed by atoms with van der Waals surface area (Å²) in [6.45, 7) is 0.325. The molecule has 5 rings (SSSR count). The molecule has 0 spiro atoms. The lowest BCUT2D eigenvalue weighted by molar-refractivity contribution is 0.0681. The number of nitrogens with two attached hydrogens (primary N) is 1. The molecule has 1 aliphatic rings. The van der Waals surface area contributed by atoms with Gasteiger partial charge >= 0.3 is 11.9 Å². The largest absolute Gasteiger partial charge is 0.419 e. The highest BCUT2D eigenvalue weighted by Gasteiger charge is 2.28. The molecule has 5 heteroatoms. The normalized spacial score (nSPS) is 14.4. The van der Waals surface area contributed by atoms with Crippen LogP contribution in [-0.2, 0) is 6.42 Å². The van der Waals surface area contributed by atoms with Crippen molar-refractivity contribution in [2.24, 2.45) is 5.73 Å². The molecule has 0 amide bonds. The first kappa shape index (κ1) is 23.3. The van der Waals surface area contributed by atoms with Crippen LogP contribution in [-0.4, -0.2) is 18.5 Å². The summed E-state index contributed by atoms with van der Waals surface area (Å²) >= 11 is 0. The van der Waals surface area contributed by atoms with Gasteiger partial charge in [-0.05, 0) is 53.5 Å². The summed E-state index contributed by atoms with van der Waals surface area (Å²) in [5.41, 5.74) is 10.7. The van der Waals surface area contributed by atoms with Crippen molar-refractivity contribution in [1.82, 2.24) is 0 Å². The van der Waals surface area contributed by atoms with Gasteiger partial charge in [0.25, 0.3) is 0 Å². The molecule has 1 unspecified atom stereocenters. The van der Waals surface area contributed by atoms with Gasteiger partial charge in [0.2, 0.25) is 0 Å². The van der Waals surface area contributed by atoms with Crippen molar-refractivity contribution >= 4 is 17.5 Å². The second kappa shape index (κ2) is 10.4. The fourth-order valence-corrected chi connectivity index (χ4v) is 4.46. The van der Waals surface area contributed by atoms with E-state index in [1.165, 1.54) is 0 Å². The topological polar surface area (TPSA) is 78.6 Å². The molecule has 0 saturated carbocycles. The SMILES string of the molecule is NCC1=CC(c2ccccc2)Cc2c1ccc(OC(=O)c1ccccc1)c2OC(=O)c1ccccc1. The molecule has 0 bridgehead atoms. The molecule has 36 heavy (non-hydrogen) atoms. The predicted molar refractivity (Wildman–Crippen MR) is 139 cm³/mol. The first-order valence-corrected chi connectivity index (χ1v) is 11.8. The summed E-state index contributed by atoms with van der Waals surface area (Å²) in [6, 6.07) is 31.1. The van der Waals surface area contributed by atoms with Crippen molar-refractivity contribution in [2.75, 3.05) is 6.54 Å². The maximum Gasteiger partial charge on any atom is 0.343 e. The number of allylic oxidation sites excluding steroid dienone is 1. The molecule has 0 saturated heterocycles. The maximum atomic E-state index is 13.1. The van der Waals surface area contributed by atoms with E-state index < -0.39 is 11.9 Å². The van der Waals surface area contributed by atoms with E-state index in [0.29, 0.717) is 24.1 Å². The molecule has 0 radical (unpaired) electrons. The Hall–Kier alpha value is -4.48. The van der Waals surface area contributed by atoms with Crippen molar-refractivity contribution in [3.05, 3.63) is 137 Å².